The molecule has 3 rings (SSSR count). The molecule has 0 spiro atoms. The van der Waals surface area contributed by atoms with E-state index in [1.165, 1.54) is 47.3 Å². The maximum atomic E-state index is 12.8. The molecule has 2 aromatic heterocycles. The molecule has 0 saturated carbocycles. The van der Waals surface area contributed by atoms with Gasteiger partial charge in [-0.25, -0.2) is 14.8 Å². The van der Waals surface area contributed by atoms with Crippen molar-refractivity contribution in [1.29, 1.82) is 0 Å². The Balaban J connectivity index is 1.56. The highest BCUT2D eigenvalue weighted by atomic mass is 32.1. The lowest BCUT2D eigenvalue weighted by Gasteiger charge is -2.16. The highest BCUT2D eigenvalue weighted by molar-refractivity contribution is 7.07. The zero-order chi connectivity index (χ0) is 21.7. The Bertz CT molecular complexity index is 1020. The fraction of sp³-hybridized carbons (Fsp3) is 0.158. The maximum absolute atomic E-state index is 12.8. The fourth-order valence-electron chi connectivity index (χ4n) is 2.48. The Hall–Kier alpha value is -3.47. The minimum Gasteiger partial charge on any atom is -0.331 e. The monoisotopic (exact) mass is 435 g/mol. The van der Waals surface area contributed by atoms with Crippen LogP contribution in [-0.4, -0.2) is 21.9 Å². The largest absolute Gasteiger partial charge is 0.416 e. The number of nitrogens with zero attached hydrogens (tertiary/aromatic N) is 2. The number of rotatable bonds is 5. The van der Waals surface area contributed by atoms with Crippen molar-refractivity contribution in [2.24, 2.45) is 0 Å². The second-order valence-corrected chi connectivity index (χ2v) is 6.92. The number of alkyl halides is 3. The number of benzene rings is 1. The third kappa shape index (κ3) is 5.54. The van der Waals surface area contributed by atoms with E-state index < -0.39 is 29.7 Å². The van der Waals surface area contributed by atoms with Crippen LogP contribution in [0, 0.1) is 0 Å². The minimum atomic E-state index is -4.46. The van der Waals surface area contributed by atoms with Crippen molar-refractivity contribution < 1.29 is 22.8 Å². The number of aromatic nitrogens is 2. The van der Waals surface area contributed by atoms with Crippen LogP contribution in [0.25, 0.3) is 0 Å². The van der Waals surface area contributed by atoms with E-state index in [-0.39, 0.29) is 11.5 Å². The van der Waals surface area contributed by atoms with Crippen LogP contribution in [0.3, 0.4) is 0 Å². The molecule has 1 aromatic carbocycles. The molecule has 1 atom stereocenters. The third-order valence-corrected chi connectivity index (χ3v) is 4.58. The van der Waals surface area contributed by atoms with Gasteiger partial charge in [-0.3, -0.25) is 4.79 Å². The van der Waals surface area contributed by atoms with Gasteiger partial charge in [0.2, 0.25) is 0 Å². The summed E-state index contributed by atoms with van der Waals surface area (Å²) in [5, 5.41) is 9.27. The lowest BCUT2D eigenvalue weighted by atomic mass is 10.1. The van der Waals surface area contributed by atoms with Gasteiger partial charge in [-0.2, -0.15) is 13.2 Å². The summed E-state index contributed by atoms with van der Waals surface area (Å²) < 4.78 is 38.5. The molecule has 30 heavy (non-hydrogen) atoms. The van der Waals surface area contributed by atoms with Gasteiger partial charge in [0.25, 0.3) is 5.91 Å². The maximum Gasteiger partial charge on any atom is 0.416 e. The smallest absolute Gasteiger partial charge is 0.331 e. The number of thiazole rings is 1. The van der Waals surface area contributed by atoms with Crippen LogP contribution in [0.15, 0.2) is 53.5 Å². The van der Waals surface area contributed by atoms with E-state index >= 15 is 0 Å². The highest BCUT2D eigenvalue weighted by Gasteiger charge is 2.30. The predicted molar refractivity (Wildman–Crippen MR) is 106 cm³/mol. The molecule has 0 radical (unpaired) electrons. The molecule has 0 bridgehead atoms. The van der Waals surface area contributed by atoms with E-state index in [0.29, 0.717) is 11.3 Å². The molecule has 0 fully saturated rings. The van der Waals surface area contributed by atoms with Crippen molar-refractivity contribution >= 4 is 34.8 Å². The summed E-state index contributed by atoms with van der Waals surface area (Å²) in [6.07, 6.45) is -3.12. The van der Waals surface area contributed by atoms with E-state index in [1.54, 1.807) is 12.3 Å². The van der Waals surface area contributed by atoms with Gasteiger partial charge in [0.05, 0.1) is 29.0 Å². The number of carbonyl (C=O) groups excluding carboxylic acids is 2. The van der Waals surface area contributed by atoms with Gasteiger partial charge >= 0.3 is 12.2 Å². The number of nitrogens with one attached hydrogen (secondary N) is 3. The van der Waals surface area contributed by atoms with E-state index in [4.69, 9.17) is 0 Å². The average Bonchev–Trinajstić information content (AvgIpc) is 3.24. The summed E-state index contributed by atoms with van der Waals surface area (Å²) in [7, 11) is 0. The van der Waals surface area contributed by atoms with Crippen molar-refractivity contribution in [2.45, 2.75) is 19.1 Å². The van der Waals surface area contributed by atoms with Crippen molar-refractivity contribution in [1.82, 2.24) is 15.3 Å². The van der Waals surface area contributed by atoms with Crippen LogP contribution >= 0.6 is 11.3 Å². The quantitative estimate of drug-likeness (QED) is 0.542. The summed E-state index contributed by atoms with van der Waals surface area (Å²) >= 11 is 1.29. The number of amides is 3. The van der Waals surface area contributed by atoms with Crippen LogP contribution < -0.4 is 16.0 Å². The molecule has 3 aromatic rings. The number of carbonyl (C=O) groups is 2. The van der Waals surface area contributed by atoms with Crippen molar-refractivity contribution in [3.8, 4) is 0 Å². The molecule has 2 heterocycles. The van der Waals surface area contributed by atoms with Gasteiger partial charge in [0.15, 0.2) is 0 Å². The summed E-state index contributed by atoms with van der Waals surface area (Å²) in [6.45, 7) is 1.57. The Morgan fingerprint density at radius 3 is 2.53 bits per heavy atom. The van der Waals surface area contributed by atoms with Crippen LogP contribution in [-0.2, 0) is 6.18 Å². The van der Waals surface area contributed by atoms with Crippen LogP contribution in [0.4, 0.5) is 29.5 Å². The van der Waals surface area contributed by atoms with Crippen LogP contribution in [0.1, 0.15) is 34.6 Å². The SMILES string of the molecule is CC(NC(=O)Nc1ccc(NC(=O)c2cscn2)nc1)c1cccc(C(F)(F)F)c1. The zero-order valence-corrected chi connectivity index (χ0v) is 16.3. The molecule has 7 nitrogen and oxygen atoms in total. The molecule has 3 amide bonds. The lowest BCUT2D eigenvalue weighted by molar-refractivity contribution is -0.137. The molecule has 0 aliphatic rings. The van der Waals surface area contributed by atoms with E-state index in [2.05, 4.69) is 25.9 Å². The van der Waals surface area contributed by atoms with E-state index in [9.17, 15) is 22.8 Å². The first-order valence-electron chi connectivity index (χ1n) is 8.62. The predicted octanol–water partition coefficient (Wildman–Crippen LogP) is 4.69. The minimum absolute atomic E-state index is 0.270. The highest BCUT2D eigenvalue weighted by Crippen LogP contribution is 2.30. The number of hydrogen-bond donors (Lipinski definition) is 3. The Labute approximate surface area is 173 Å². The normalized spacial score (nSPS) is 12.1. The average molecular weight is 435 g/mol. The number of halogens is 3. The van der Waals surface area contributed by atoms with Crippen molar-refractivity contribution in [2.75, 3.05) is 10.6 Å². The van der Waals surface area contributed by atoms with Gasteiger partial charge in [-0.1, -0.05) is 12.1 Å². The number of anilines is 2. The Morgan fingerprint density at radius 1 is 1.10 bits per heavy atom. The molecular formula is C19H16F3N5O2S. The second kappa shape index (κ2) is 8.91. The van der Waals surface area contributed by atoms with Gasteiger partial charge in [0, 0.05) is 5.38 Å². The molecule has 0 aliphatic carbocycles. The Morgan fingerprint density at radius 2 is 1.90 bits per heavy atom. The van der Waals surface area contributed by atoms with Gasteiger partial charge in [-0.05, 0) is 36.8 Å². The van der Waals surface area contributed by atoms with Crippen molar-refractivity contribution in [3.63, 3.8) is 0 Å². The van der Waals surface area contributed by atoms with Crippen LogP contribution in [0.2, 0.25) is 0 Å². The first-order chi connectivity index (χ1) is 14.2. The topological polar surface area (TPSA) is 96.0 Å². The lowest BCUT2D eigenvalue weighted by Crippen LogP contribution is -2.31. The van der Waals surface area contributed by atoms with Gasteiger partial charge in [-0.15, -0.1) is 11.3 Å². The Kier molecular flexibility index (Phi) is 6.31. The summed E-state index contributed by atoms with van der Waals surface area (Å²) in [5.41, 5.74) is 1.68. The van der Waals surface area contributed by atoms with Crippen molar-refractivity contribution in [3.05, 3.63) is 70.3 Å². The van der Waals surface area contributed by atoms with Gasteiger partial charge < -0.3 is 16.0 Å². The summed E-state index contributed by atoms with van der Waals surface area (Å²) in [6, 6.07) is 6.51. The van der Waals surface area contributed by atoms with Crippen LogP contribution in [0.5, 0.6) is 0 Å². The summed E-state index contributed by atoms with van der Waals surface area (Å²) in [5.74, 6) is -0.131. The molecule has 11 heteroatoms. The standard InChI is InChI=1S/C19H16F3N5O2S/c1-11(12-3-2-4-13(7-12)19(20,21)22)25-18(29)26-14-5-6-16(23-8-14)27-17(28)15-9-30-10-24-15/h2-11H,1H3,(H,23,27,28)(H2,25,26,29). The number of pyridine rings is 1. The third-order valence-electron chi connectivity index (χ3n) is 3.99. The molecule has 1 unspecified atom stereocenters. The number of urea groups is 1. The molecular weight excluding hydrogens is 419 g/mol. The molecule has 156 valence electrons. The molecule has 0 saturated heterocycles. The first-order valence-corrected chi connectivity index (χ1v) is 9.57. The fourth-order valence-corrected chi connectivity index (χ4v) is 3.01. The molecule has 0 aliphatic heterocycles. The zero-order valence-electron chi connectivity index (χ0n) is 15.5. The number of hydrogen-bond acceptors (Lipinski definition) is 5. The van der Waals surface area contributed by atoms with E-state index in [1.807, 2.05) is 0 Å². The first kappa shape index (κ1) is 21.2. The summed E-state index contributed by atoms with van der Waals surface area (Å²) in [4.78, 5) is 32.0. The van der Waals surface area contributed by atoms with Gasteiger partial charge in [0.1, 0.15) is 11.5 Å². The molecule has 3 N–H and O–H groups in total. The second-order valence-electron chi connectivity index (χ2n) is 6.20. The van der Waals surface area contributed by atoms with E-state index in [0.717, 1.165) is 12.1 Å².